The summed E-state index contributed by atoms with van der Waals surface area (Å²) >= 11 is 0. The molecule has 0 aromatic heterocycles. The monoisotopic (exact) mass is 618 g/mol. The summed E-state index contributed by atoms with van der Waals surface area (Å²) in [6.45, 7) is 0. The molecule has 218 valence electrons. The van der Waals surface area contributed by atoms with Gasteiger partial charge in [-0.3, -0.25) is 0 Å². The first kappa shape index (κ1) is 34.3. The number of halogens is 22. The van der Waals surface area contributed by atoms with E-state index in [2.05, 4.69) is 0 Å². The molecule has 0 spiro atoms. The first-order valence-electron chi connectivity index (χ1n) is 7.00. The Morgan fingerprint density at radius 2 is 0.750 bits per heavy atom. The molecule has 0 saturated carbocycles. The summed E-state index contributed by atoms with van der Waals surface area (Å²) < 4.78 is 296. The van der Waals surface area contributed by atoms with Crippen LogP contribution >= 0.6 is 0 Å². The maximum absolute atomic E-state index is 13.4. The van der Waals surface area contributed by atoms with Gasteiger partial charge in [-0.1, -0.05) is 4.90 Å². The van der Waals surface area contributed by atoms with E-state index in [1.165, 1.54) is 0 Å². The molecule has 0 atom stereocenters. The van der Waals surface area contributed by atoms with Crippen molar-refractivity contribution in [1.29, 1.82) is 0 Å². The normalized spacial score (nSPS) is 16.8. The molecule has 0 heterocycles. The van der Waals surface area contributed by atoms with Gasteiger partial charge < -0.3 is 0 Å². The van der Waals surface area contributed by atoms with Gasteiger partial charge in [-0.05, 0) is 0 Å². The average Bonchev–Trinajstić information content (AvgIpc) is 2.55. The fourth-order valence-corrected chi connectivity index (χ4v) is 2.74. The van der Waals surface area contributed by atoms with E-state index in [0.717, 1.165) is 0 Å². The lowest BCUT2D eigenvalue weighted by Crippen LogP contribution is -2.73. The largest absolute Gasteiger partial charge is 0.472 e. The van der Waals surface area contributed by atoms with Crippen LogP contribution < -0.4 is 0 Å². The van der Waals surface area contributed by atoms with Gasteiger partial charge in [0.2, 0.25) is 0 Å². The lowest BCUT2D eigenvalue weighted by Gasteiger charge is -2.41. The number of rotatable bonds is 8. The minimum absolute atomic E-state index is 4.77. The Hall–Kier alpha value is -1.67. The SMILES string of the molecule is O=S(=O)(N(F)C(F)(F)C(F)(F)C(F)(F)N(C(F)(F)F)C(F)(F)F)C(F)(F)C(F)(F)C(F)(F)C(F)(F)F. The van der Waals surface area contributed by atoms with Crippen LogP contribution in [0.3, 0.4) is 0 Å². The van der Waals surface area contributed by atoms with Gasteiger partial charge in [-0.15, -0.1) is 4.48 Å². The van der Waals surface area contributed by atoms with Gasteiger partial charge in [0, 0.05) is 4.53 Å². The molecule has 0 bridgehead atoms. The van der Waals surface area contributed by atoms with E-state index in [9.17, 15) is 105 Å². The lowest BCUT2D eigenvalue weighted by atomic mass is 10.1. The third kappa shape index (κ3) is 4.68. The molecule has 0 aliphatic rings. The molecular weight excluding hydrogens is 618 g/mol. The molecule has 27 heteroatoms. The van der Waals surface area contributed by atoms with Crippen molar-refractivity contribution in [3.63, 3.8) is 0 Å². The minimum Gasteiger partial charge on any atom is -0.203 e. The molecule has 0 aromatic carbocycles. The van der Waals surface area contributed by atoms with E-state index in [1.807, 2.05) is 0 Å². The highest BCUT2D eigenvalue weighted by molar-refractivity contribution is 7.90. The van der Waals surface area contributed by atoms with Crippen LogP contribution in [-0.2, 0) is 10.0 Å². The van der Waals surface area contributed by atoms with Crippen molar-refractivity contribution in [1.82, 2.24) is 9.43 Å². The molecule has 0 N–H and O–H groups in total. The third-order valence-electron chi connectivity index (χ3n) is 3.42. The van der Waals surface area contributed by atoms with Crippen LogP contribution in [0.5, 0.6) is 0 Å². The van der Waals surface area contributed by atoms with E-state index in [-0.39, 0.29) is 0 Å². The number of nitrogens with zero attached hydrogens (tertiary/aromatic N) is 2. The van der Waals surface area contributed by atoms with Crippen LogP contribution in [0.2, 0.25) is 0 Å². The van der Waals surface area contributed by atoms with Crippen molar-refractivity contribution in [2.75, 3.05) is 0 Å². The second-order valence-electron chi connectivity index (χ2n) is 5.81. The maximum atomic E-state index is 13.4. The second kappa shape index (κ2) is 8.42. The molecule has 0 saturated heterocycles. The van der Waals surface area contributed by atoms with Gasteiger partial charge in [0.25, 0.3) is 0 Å². The summed E-state index contributed by atoms with van der Waals surface area (Å²) in [5, 5.41) is -8.68. The molecule has 0 rings (SSSR count). The van der Waals surface area contributed by atoms with Crippen LogP contribution in [-0.4, -0.2) is 71.7 Å². The fourth-order valence-electron chi connectivity index (χ4n) is 1.67. The smallest absolute Gasteiger partial charge is 0.203 e. The van der Waals surface area contributed by atoms with Gasteiger partial charge in [0.15, 0.2) is 0 Å². The van der Waals surface area contributed by atoms with Crippen LogP contribution in [0.15, 0.2) is 0 Å². The first-order valence-corrected chi connectivity index (χ1v) is 8.44. The summed E-state index contributed by atoms with van der Waals surface area (Å²) in [7, 11) is -9.58. The van der Waals surface area contributed by atoms with Crippen molar-refractivity contribution in [3.05, 3.63) is 0 Å². The molecule has 36 heavy (non-hydrogen) atoms. The Kier molecular flexibility index (Phi) is 8.03. The minimum atomic E-state index is -9.58. The average molecular weight is 618 g/mol. The van der Waals surface area contributed by atoms with Crippen molar-refractivity contribution in [3.8, 4) is 0 Å². The van der Waals surface area contributed by atoms with Gasteiger partial charge in [-0.2, -0.15) is 92.2 Å². The lowest BCUT2D eigenvalue weighted by molar-refractivity contribution is -0.493. The van der Waals surface area contributed by atoms with Crippen LogP contribution in [0.25, 0.3) is 0 Å². The van der Waals surface area contributed by atoms with E-state index in [4.69, 9.17) is 0 Å². The Labute approximate surface area is 180 Å². The molecule has 0 aliphatic heterocycles. The van der Waals surface area contributed by atoms with E-state index >= 15 is 0 Å². The van der Waals surface area contributed by atoms with Crippen LogP contribution in [0.4, 0.5) is 96.7 Å². The second-order valence-corrected chi connectivity index (χ2v) is 7.59. The van der Waals surface area contributed by atoms with Gasteiger partial charge in [0.1, 0.15) is 0 Å². The zero-order valence-electron chi connectivity index (χ0n) is 14.9. The molecule has 0 aromatic rings. The standard InChI is InChI=1S/C9F22N2O2S/c10-1(11,4(16,17)18)2(12,13)7(23,24)36(34,35)33(31)6(21,22)3(14,15)5(19,20)32(8(25,26)27)9(28,29)30. The third-order valence-corrected chi connectivity index (χ3v) is 4.97. The van der Waals surface area contributed by atoms with Crippen molar-refractivity contribution in [2.24, 2.45) is 0 Å². The fraction of sp³-hybridized carbons (Fsp3) is 1.00. The quantitative estimate of drug-likeness (QED) is 0.188. The predicted molar refractivity (Wildman–Crippen MR) is 61.6 cm³/mol. The van der Waals surface area contributed by atoms with Gasteiger partial charge in [0.05, 0.1) is 0 Å². The number of hydrogen-bond donors (Lipinski definition) is 0. The molecule has 0 fully saturated rings. The van der Waals surface area contributed by atoms with Crippen LogP contribution in [0, 0.1) is 0 Å². The molecule has 0 unspecified atom stereocenters. The summed E-state index contributed by atoms with van der Waals surface area (Å²) in [6.07, 6.45) is -23.8. The molecule has 0 radical (unpaired) electrons. The zero-order chi connectivity index (χ0) is 30.2. The Balaban J connectivity index is 7.06. The van der Waals surface area contributed by atoms with Crippen molar-refractivity contribution >= 4 is 10.0 Å². The molecule has 0 amide bonds. The van der Waals surface area contributed by atoms with Gasteiger partial charge >= 0.3 is 63.9 Å². The first-order chi connectivity index (χ1) is 15.0. The highest BCUT2D eigenvalue weighted by Gasteiger charge is 2.90. The molecule has 4 nitrogen and oxygen atoms in total. The Morgan fingerprint density at radius 1 is 0.444 bits per heavy atom. The predicted octanol–water partition coefficient (Wildman–Crippen LogP) is 6.09. The number of hydrogen-bond acceptors (Lipinski definition) is 3. The summed E-state index contributed by atoms with van der Waals surface area (Å²) in [5.41, 5.74) is 0. The van der Waals surface area contributed by atoms with Crippen molar-refractivity contribution in [2.45, 2.75) is 53.9 Å². The Bertz CT molecular complexity index is 897. The maximum Gasteiger partial charge on any atom is 0.472 e. The van der Waals surface area contributed by atoms with E-state index in [1.54, 1.807) is 0 Å². The van der Waals surface area contributed by atoms with E-state index < -0.39 is 73.3 Å². The molecule has 0 aliphatic carbocycles. The zero-order valence-corrected chi connectivity index (χ0v) is 15.8. The Morgan fingerprint density at radius 3 is 1.00 bits per heavy atom. The molecular formula is C9F22N2O2S. The number of alkyl halides is 21. The summed E-state index contributed by atoms with van der Waals surface area (Å²) in [5.74, 6) is -25.9. The van der Waals surface area contributed by atoms with Crippen molar-refractivity contribution < 1.29 is 105 Å². The highest BCUT2D eigenvalue weighted by Crippen LogP contribution is 2.59. The summed E-state index contributed by atoms with van der Waals surface area (Å²) in [4.78, 5) is -4.77. The van der Waals surface area contributed by atoms with Crippen LogP contribution in [0.1, 0.15) is 0 Å². The van der Waals surface area contributed by atoms with E-state index in [0.29, 0.717) is 0 Å². The summed E-state index contributed by atoms with van der Waals surface area (Å²) in [6, 6.07) is -17.4. The topological polar surface area (TPSA) is 40.6 Å². The van der Waals surface area contributed by atoms with Gasteiger partial charge in [-0.25, -0.2) is 8.42 Å². The highest BCUT2D eigenvalue weighted by atomic mass is 32.2. The number of sulfonamides is 1.